The highest BCUT2D eigenvalue weighted by Gasteiger charge is 2.41. The molecule has 160 valence electrons. The number of alkyl halides is 2. The Labute approximate surface area is 172 Å². The number of pyridine rings is 1. The lowest BCUT2D eigenvalue weighted by Gasteiger charge is -2.39. The van der Waals surface area contributed by atoms with Gasteiger partial charge in [0.1, 0.15) is 0 Å². The third-order valence-corrected chi connectivity index (χ3v) is 7.38. The van der Waals surface area contributed by atoms with E-state index in [2.05, 4.69) is 13.8 Å². The maximum atomic E-state index is 13.8. The number of aldehydes is 1. The normalized spacial score (nSPS) is 27.4. The molecule has 0 saturated heterocycles. The Hall–Kier alpha value is -1.36. The molecular formula is C24H33F2NO2. The fourth-order valence-electron chi connectivity index (χ4n) is 5.94. The maximum absolute atomic E-state index is 13.8. The zero-order valence-electron chi connectivity index (χ0n) is 17.6. The standard InChI is InChI=1S/C24H33F2NO2/c1-23(2)12-18-21(19(29)13-23)20(15-8-10-24(25,26)11-9-15)17(14-28)22(27-18)16-6-4-3-5-7-16/h14-16,19,29H,3-13H2,1-2H3. The lowest BCUT2D eigenvalue weighted by Crippen LogP contribution is -2.31. The average Bonchev–Trinajstić information content (AvgIpc) is 2.66. The molecule has 1 heterocycles. The van der Waals surface area contributed by atoms with Gasteiger partial charge >= 0.3 is 0 Å². The van der Waals surface area contributed by atoms with Gasteiger partial charge in [-0.2, -0.15) is 0 Å². The SMILES string of the molecule is CC1(C)Cc2nc(C3CCCCC3)c(C=O)c(C3CCC(F)(F)CC3)c2C(O)C1. The predicted octanol–water partition coefficient (Wildman–Crippen LogP) is 6.24. The third-order valence-electron chi connectivity index (χ3n) is 7.38. The molecule has 0 spiro atoms. The summed E-state index contributed by atoms with van der Waals surface area (Å²) in [7, 11) is 0. The van der Waals surface area contributed by atoms with Crippen LogP contribution in [0.2, 0.25) is 0 Å². The first kappa shape index (κ1) is 20.9. The van der Waals surface area contributed by atoms with E-state index in [0.717, 1.165) is 60.9 Å². The highest BCUT2D eigenvalue weighted by atomic mass is 19.3. The van der Waals surface area contributed by atoms with Crippen molar-refractivity contribution < 1.29 is 18.7 Å². The van der Waals surface area contributed by atoms with Gasteiger partial charge in [0.05, 0.1) is 11.8 Å². The van der Waals surface area contributed by atoms with E-state index in [-0.39, 0.29) is 30.1 Å². The quantitative estimate of drug-likeness (QED) is 0.606. The first-order chi connectivity index (χ1) is 13.7. The van der Waals surface area contributed by atoms with Crippen molar-refractivity contribution in [2.75, 3.05) is 0 Å². The van der Waals surface area contributed by atoms with Crippen LogP contribution in [0.15, 0.2) is 0 Å². The third kappa shape index (κ3) is 4.12. The monoisotopic (exact) mass is 405 g/mol. The predicted molar refractivity (Wildman–Crippen MR) is 109 cm³/mol. The van der Waals surface area contributed by atoms with E-state index < -0.39 is 12.0 Å². The van der Waals surface area contributed by atoms with Crippen molar-refractivity contribution in [2.24, 2.45) is 5.41 Å². The van der Waals surface area contributed by atoms with Crippen molar-refractivity contribution >= 4 is 6.29 Å². The van der Waals surface area contributed by atoms with Gasteiger partial charge in [-0.1, -0.05) is 33.1 Å². The fourth-order valence-corrected chi connectivity index (χ4v) is 5.94. The summed E-state index contributed by atoms with van der Waals surface area (Å²) in [5.41, 5.74) is 3.93. The number of carbonyl (C=O) groups is 1. The van der Waals surface area contributed by atoms with Crippen LogP contribution in [-0.2, 0) is 6.42 Å². The molecule has 29 heavy (non-hydrogen) atoms. The van der Waals surface area contributed by atoms with Crippen LogP contribution < -0.4 is 0 Å². The van der Waals surface area contributed by atoms with Gasteiger partial charge in [-0.25, -0.2) is 8.78 Å². The van der Waals surface area contributed by atoms with Gasteiger partial charge in [0.25, 0.3) is 0 Å². The number of nitrogens with zero attached hydrogens (tertiary/aromatic N) is 1. The summed E-state index contributed by atoms with van der Waals surface area (Å²) in [5.74, 6) is -2.44. The summed E-state index contributed by atoms with van der Waals surface area (Å²) in [6, 6.07) is 0. The van der Waals surface area contributed by atoms with Crippen LogP contribution in [-0.4, -0.2) is 22.3 Å². The molecule has 4 rings (SSSR count). The molecule has 1 unspecified atom stereocenters. The Morgan fingerprint density at radius 1 is 1.00 bits per heavy atom. The number of aliphatic hydroxyl groups excluding tert-OH is 1. The molecule has 2 saturated carbocycles. The highest BCUT2D eigenvalue weighted by Crippen LogP contribution is 2.50. The van der Waals surface area contributed by atoms with E-state index in [9.17, 15) is 18.7 Å². The van der Waals surface area contributed by atoms with Crippen LogP contribution in [0.1, 0.15) is 129 Å². The number of aromatic nitrogens is 1. The van der Waals surface area contributed by atoms with E-state index in [1.165, 1.54) is 6.42 Å². The van der Waals surface area contributed by atoms with Crippen LogP contribution in [0, 0.1) is 5.41 Å². The number of carbonyl (C=O) groups excluding carboxylic acids is 1. The van der Waals surface area contributed by atoms with Crippen LogP contribution in [0.3, 0.4) is 0 Å². The van der Waals surface area contributed by atoms with Crippen molar-refractivity contribution in [3.05, 3.63) is 28.1 Å². The molecule has 3 nitrogen and oxygen atoms in total. The molecule has 3 aliphatic rings. The van der Waals surface area contributed by atoms with Gasteiger partial charge in [0, 0.05) is 35.6 Å². The van der Waals surface area contributed by atoms with E-state index in [0.29, 0.717) is 24.8 Å². The second-order valence-electron chi connectivity index (χ2n) is 10.3. The number of rotatable bonds is 3. The molecule has 0 aromatic carbocycles. The Kier molecular flexibility index (Phi) is 5.56. The van der Waals surface area contributed by atoms with Crippen molar-refractivity contribution in [1.82, 2.24) is 4.98 Å². The Morgan fingerprint density at radius 2 is 1.66 bits per heavy atom. The molecule has 0 amide bonds. The molecule has 2 fully saturated rings. The zero-order chi connectivity index (χ0) is 20.8. The lowest BCUT2D eigenvalue weighted by molar-refractivity contribution is -0.0384. The summed E-state index contributed by atoms with van der Waals surface area (Å²) in [5, 5.41) is 11.0. The molecule has 0 bridgehead atoms. The summed E-state index contributed by atoms with van der Waals surface area (Å²) < 4.78 is 27.7. The zero-order valence-corrected chi connectivity index (χ0v) is 17.6. The summed E-state index contributed by atoms with van der Waals surface area (Å²) >= 11 is 0. The minimum absolute atomic E-state index is 0.0667. The topological polar surface area (TPSA) is 50.2 Å². The minimum atomic E-state index is -2.61. The average molecular weight is 406 g/mol. The smallest absolute Gasteiger partial charge is 0.248 e. The fraction of sp³-hybridized carbons (Fsp3) is 0.750. The van der Waals surface area contributed by atoms with E-state index in [4.69, 9.17) is 4.98 Å². The summed E-state index contributed by atoms with van der Waals surface area (Å²) in [4.78, 5) is 17.3. The van der Waals surface area contributed by atoms with Crippen molar-refractivity contribution in [1.29, 1.82) is 0 Å². The van der Waals surface area contributed by atoms with Gasteiger partial charge in [-0.3, -0.25) is 9.78 Å². The van der Waals surface area contributed by atoms with Gasteiger partial charge < -0.3 is 5.11 Å². The van der Waals surface area contributed by atoms with Crippen LogP contribution in [0.5, 0.6) is 0 Å². The molecule has 1 aromatic heterocycles. The number of fused-ring (bicyclic) bond motifs is 1. The number of hydrogen-bond donors (Lipinski definition) is 1. The maximum Gasteiger partial charge on any atom is 0.248 e. The molecule has 5 heteroatoms. The highest BCUT2D eigenvalue weighted by molar-refractivity contribution is 5.81. The van der Waals surface area contributed by atoms with Crippen LogP contribution >= 0.6 is 0 Å². The molecule has 0 radical (unpaired) electrons. The van der Waals surface area contributed by atoms with Crippen molar-refractivity contribution in [3.63, 3.8) is 0 Å². The largest absolute Gasteiger partial charge is 0.388 e. The second kappa shape index (κ2) is 7.72. The first-order valence-electron chi connectivity index (χ1n) is 11.3. The number of hydrogen-bond acceptors (Lipinski definition) is 3. The molecule has 0 aliphatic heterocycles. The van der Waals surface area contributed by atoms with Gasteiger partial charge in [0.2, 0.25) is 5.92 Å². The van der Waals surface area contributed by atoms with Crippen molar-refractivity contribution in [3.8, 4) is 0 Å². The Morgan fingerprint density at radius 3 is 2.28 bits per heavy atom. The summed E-state index contributed by atoms with van der Waals surface area (Å²) in [6.45, 7) is 4.27. The molecule has 1 N–H and O–H groups in total. The minimum Gasteiger partial charge on any atom is -0.388 e. The first-order valence-corrected chi connectivity index (χ1v) is 11.3. The number of aliphatic hydroxyl groups is 1. The lowest BCUT2D eigenvalue weighted by atomic mass is 9.69. The van der Waals surface area contributed by atoms with Crippen LogP contribution in [0.25, 0.3) is 0 Å². The van der Waals surface area contributed by atoms with E-state index in [1.807, 2.05) is 0 Å². The van der Waals surface area contributed by atoms with Crippen LogP contribution in [0.4, 0.5) is 8.78 Å². The van der Waals surface area contributed by atoms with Gasteiger partial charge in [-0.05, 0) is 55.4 Å². The molecular weight excluding hydrogens is 372 g/mol. The molecule has 1 atom stereocenters. The number of halogens is 2. The van der Waals surface area contributed by atoms with Crippen molar-refractivity contribution in [2.45, 2.75) is 108 Å². The van der Waals surface area contributed by atoms with E-state index in [1.54, 1.807) is 0 Å². The Bertz CT molecular complexity index is 774. The summed E-state index contributed by atoms with van der Waals surface area (Å²) in [6.07, 6.45) is 7.57. The van der Waals surface area contributed by atoms with Gasteiger partial charge in [0.15, 0.2) is 6.29 Å². The Balaban J connectivity index is 1.85. The second-order valence-corrected chi connectivity index (χ2v) is 10.3. The van der Waals surface area contributed by atoms with E-state index >= 15 is 0 Å². The molecule has 1 aromatic rings. The van der Waals surface area contributed by atoms with Gasteiger partial charge in [-0.15, -0.1) is 0 Å². The molecule has 3 aliphatic carbocycles.